The van der Waals surface area contributed by atoms with Gasteiger partial charge in [0.2, 0.25) is 0 Å². The second-order valence-corrected chi connectivity index (χ2v) is 15.5. The molecule has 264 valence electrons. The van der Waals surface area contributed by atoms with Crippen LogP contribution in [-0.2, 0) is 10.8 Å². The average Bonchev–Trinajstić information content (AvgIpc) is 3.56. The first-order valence-corrected chi connectivity index (χ1v) is 19.4. The molecule has 0 N–H and O–H groups in total. The highest BCUT2D eigenvalue weighted by molar-refractivity contribution is 6.01. The van der Waals surface area contributed by atoms with Crippen LogP contribution in [0.1, 0.15) is 47.2 Å². The summed E-state index contributed by atoms with van der Waals surface area (Å²) in [7, 11) is 0. The third kappa shape index (κ3) is 4.61. The molecular formula is C53H37N3. The van der Waals surface area contributed by atoms with Gasteiger partial charge in [0, 0.05) is 22.1 Å². The van der Waals surface area contributed by atoms with Crippen LogP contribution < -0.4 is 0 Å². The number of aromatic nitrogens is 3. The van der Waals surface area contributed by atoms with Gasteiger partial charge in [-0.1, -0.05) is 196 Å². The van der Waals surface area contributed by atoms with E-state index in [1.807, 2.05) is 36.4 Å². The van der Waals surface area contributed by atoms with Gasteiger partial charge >= 0.3 is 0 Å². The van der Waals surface area contributed by atoms with E-state index in [2.05, 4.69) is 166 Å². The van der Waals surface area contributed by atoms with Gasteiger partial charge in [0.25, 0.3) is 0 Å². The third-order valence-corrected chi connectivity index (χ3v) is 12.2. The Bertz CT molecular complexity index is 2890. The molecule has 2 aliphatic rings. The lowest BCUT2D eigenvalue weighted by molar-refractivity contribution is 0.563. The highest BCUT2D eigenvalue weighted by Gasteiger charge is 2.53. The van der Waals surface area contributed by atoms with Gasteiger partial charge in [-0.25, -0.2) is 15.0 Å². The summed E-state index contributed by atoms with van der Waals surface area (Å²) in [6.45, 7) is 4.74. The zero-order valence-corrected chi connectivity index (χ0v) is 31.2. The molecule has 9 aromatic rings. The Kier molecular flexibility index (Phi) is 7.11. The van der Waals surface area contributed by atoms with Gasteiger partial charge < -0.3 is 0 Å². The van der Waals surface area contributed by atoms with Gasteiger partial charge in [0.15, 0.2) is 17.5 Å². The minimum absolute atomic E-state index is 0.189. The lowest BCUT2D eigenvalue weighted by Crippen LogP contribution is -2.40. The van der Waals surface area contributed by atoms with Crippen molar-refractivity contribution in [3.05, 3.63) is 221 Å². The molecule has 11 rings (SSSR count). The zero-order chi connectivity index (χ0) is 37.4. The van der Waals surface area contributed by atoms with Crippen molar-refractivity contribution >= 4 is 10.8 Å². The Morgan fingerprint density at radius 2 is 0.839 bits per heavy atom. The van der Waals surface area contributed by atoms with Crippen LogP contribution in [0, 0.1) is 0 Å². The molecule has 1 heterocycles. The maximum absolute atomic E-state index is 5.29. The van der Waals surface area contributed by atoms with Crippen LogP contribution in [0.15, 0.2) is 188 Å². The van der Waals surface area contributed by atoms with Crippen molar-refractivity contribution in [1.82, 2.24) is 15.0 Å². The highest BCUT2D eigenvalue weighted by atomic mass is 15.0. The Morgan fingerprint density at radius 3 is 1.50 bits per heavy atom. The van der Waals surface area contributed by atoms with E-state index in [0.29, 0.717) is 17.5 Å². The minimum atomic E-state index is -0.557. The van der Waals surface area contributed by atoms with E-state index in [4.69, 9.17) is 15.0 Å². The van der Waals surface area contributed by atoms with Gasteiger partial charge in [0.1, 0.15) is 0 Å². The molecule has 8 aromatic carbocycles. The van der Waals surface area contributed by atoms with Crippen molar-refractivity contribution in [3.63, 3.8) is 0 Å². The van der Waals surface area contributed by atoms with Crippen LogP contribution in [0.25, 0.3) is 67.2 Å². The molecule has 3 heteroatoms. The van der Waals surface area contributed by atoms with E-state index in [-0.39, 0.29) is 5.41 Å². The van der Waals surface area contributed by atoms with E-state index < -0.39 is 5.41 Å². The largest absolute Gasteiger partial charge is 0.208 e. The first-order valence-electron chi connectivity index (χ1n) is 19.4. The summed E-state index contributed by atoms with van der Waals surface area (Å²) in [5.74, 6) is 1.96. The fourth-order valence-corrected chi connectivity index (χ4v) is 9.72. The van der Waals surface area contributed by atoms with Crippen LogP contribution in [0.4, 0.5) is 0 Å². The summed E-state index contributed by atoms with van der Waals surface area (Å²) in [4.78, 5) is 15.6. The molecule has 1 spiro atoms. The van der Waals surface area contributed by atoms with E-state index in [0.717, 1.165) is 22.3 Å². The fraction of sp³-hybridized carbons (Fsp3) is 0.0755. The SMILES string of the molecule is CC1(C)c2ccccc2C2(c3ccc(-c4cccc5ccccc45)cc3-c3c(-c4nc(-c5ccccc5)nc(-c5ccccc5)n4)cccc32)c2ccccc21. The van der Waals surface area contributed by atoms with Crippen LogP contribution in [-0.4, -0.2) is 15.0 Å². The Balaban J connectivity index is 1.26. The fourth-order valence-electron chi connectivity index (χ4n) is 9.72. The topological polar surface area (TPSA) is 38.7 Å². The van der Waals surface area contributed by atoms with E-state index >= 15 is 0 Å². The maximum Gasteiger partial charge on any atom is 0.164 e. The molecule has 0 saturated heterocycles. The van der Waals surface area contributed by atoms with Gasteiger partial charge in [0.05, 0.1) is 5.41 Å². The predicted octanol–water partition coefficient (Wildman–Crippen LogP) is 12.7. The van der Waals surface area contributed by atoms with Crippen molar-refractivity contribution in [3.8, 4) is 56.4 Å². The van der Waals surface area contributed by atoms with Crippen LogP contribution in [0.5, 0.6) is 0 Å². The second-order valence-electron chi connectivity index (χ2n) is 15.5. The first kappa shape index (κ1) is 32.5. The van der Waals surface area contributed by atoms with E-state index in [1.165, 1.54) is 60.8 Å². The molecule has 3 nitrogen and oxygen atoms in total. The van der Waals surface area contributed by atoms with E-state index in [9.17, 15) is 0 Å². The molecule has 2 aliphatic carbocycles. The standard InChI is InChI=1S/C53H37N3/c1-52(2)43-26-11-13-28-45(43)53(46-29-14-12-27-44(46)52)42-32-31-37(39-24-15-22-34-17-9-10-23-38(34)39)33-41(42)48-40(25-16-30-47(48)53)51-55-49(35-18-5-3-6-19-35)54-50(56-51)36-20-7-4-8-21-36/h3-33H,1-2H3. The van der Waals surface area contributed by atoms with Crippen molar-refractivity contribution < 1.29 is 0 Å². The average molecular weight is 716 g/mol. The maximum atomic E-state index is 5.29. The summed E-state index contributed by atoms with van der Waals surface area (Å²) in [6.07, 6.45) is 0. The lowest BCUT2D eigenvalue weighted by atomic mass is 9.55. The first-order chi connectivity index (χ1) is 27.5. The summed E-state index contributed by atoms with van der Waals surface area (Å²) < 4.78 is 0. The Labute approximate surface area is 327 Å². The molecule has 0 fully saturated rings. The second kappa shape index (κ2) is 12.3. The monoisotopic (exact) mass is 715 g/mol. The molecule has 0 amide bonds. The number of benzene rings is 8. The van der Waals surface area contributed by atoms with Crippen LogP contribution in [0.2, 0.25) is 0 Å². The minimum Gasteiger partial charge on any atom is -0.208 e. The van der Waals surface area contributed by atoms with Gasteiger partial charge in [-0.05, 0) is 72.5 Å². The summed E-state index contributed by atoms with van der Waals surface area (Å²) in [5.41, 5.74) is 14.8. The number of fused-ring (bicyclic) bond motifs is 10. The molecule has 0 aliphatic heterocycles. The normalized spacial score (nSPS) is 14.2. The van der Waals surface area contributed by atoms with Gasteiger partial charge in [-0.15, -0.1) is 0 Å². The van der Waals surface area contributed by atoms with Crippen LogP contribution in [0.3, 0.4) is 0 Å². The highest BCUT2D eigenvalue weighted by Crippen LogP contribution is 2.63. The number of hydrogen-bond acceptors (Lipinski definition) is 3. The quantitative estimate of drug-likeness (QED) is 0.182. The molecule has 0 saturated carbocycles. The van der Waals surface area contributed by atoms with Crippen LogP contribution >= 0.6 is 0 Å². The molecular weight excluding hydrogens is 679 g/mol. The number of nitrogens with zero attached hydrogens (tertiary/aromatic N) is 3. The molecule has 0 radical (unpaired) electrons. The smallest absolute Gasteiger partial charge is 0.164 e. The molecule has 0 unspecified atom stereocenters. The number of rotatable bonds is 4. The predicted molar refractivity (Wildman–Crippen MR) is 229 cm³/mol. The van der Waals surface area contributed by atoms with Crippen molar-refractivity contribution in [2.75, 3.05) is 0 Å². The lowest BCUT2D eigenvalue weighted by Gasteiger charge is -2.46. The van der Waals surface area contributed by atoms with Crippen molar-refractivity contribution in [2.45, 2.75) is 24.7 Å². The summed E-state index contributed by atoms with van der Waals surface area (Å²) in [6, 6.07) is 67.9. The van der Waals surface area contributed by atoms with Gasteiger partial charge in [-0.2, -0.15) is 0 Å². The van der Waals surface area contributed by atoms with Crippen molar-refractivity contribution in [2.24, 2.45) is 0 Å². The molecule has 0 bridgehead atoms. The molecule has 1 aromatic heterocycles. The zero-order valence-electron chi connectivity index (χ0n) is 31.2. The third-order valence-electron chi connectivity index (χ3n) is 12.2. The molecule has 56 heavy (non-hydrogen) atoms. The van der Waals surface area contributed by atoms with E-state index in [1.54, 1.807) is 0 Å². The van der Waals surface area contributed by atoms with Crippen molar-refractivity contribution in [1.29, 1.82) is 0 Å². The summed E-state index contributed by atoms with van der Waals surface area (Å²) >= 11 is 0. The Hall–Kier alpha value is -6.97. The Morgan fingerprint density at radius 1 is 0.339 bits per heavy atom. The van der Waals surface area contributed by atoms with Gasteiger partial charge in [-0.3, -0.25) is 0 Å². The number of hydrogen-bond donors (Lipinski definition) is 0. The summed E-state index contributed by atoms with van der Waals surface area (Å²) in [5, 5.41) is 2.47. The molecule has 0 atom stereocenters.